The zero-order chi connectivity index (χ0) is 9.97. The number of amides is 1. The van der Waals surface area contributed by atoms with E-state index in [0.717, 1.165) is 18.7 Å². The third-order valence-corrected chi connectivity index (χ3v) is 2.36. The predicted octanol–water partition coefficient (Wildman–Crippen LogP) is -0.0314. The molecule has 0 saturated carbocycles. The Balaban J connectivity index is 2.12. The van der Waals surface area contributed by atoms with Crippen molar-refractivity contribution < 1.29 is 4.79 Å². The van der Waals surface area contributed by atoms with E-state index in [0.29, 0.717) is 19.5 Å². The normalized spacial score (nSPS) is 16.6. The topological polar surface area (TPSA) is 64.2 Å². The summed E-state index contributed by atoms with van der Waals surface area (Å²) in [6, 6.07) is 0. The second kappa shape index (κ2) is 3.79. The van der Waals surface area contributed by atoms with Crippen molar-refractivity contribution in [3.05, 3.63) is 12.4 Å². The van der Waals surface area contributed by atoms with E-state index in [2.05, 4.69) is 5.10 Å². The molecule has 0 radical (unpaired) electrons. The van der Waals surface area contributed by atoms with Gasteiger partial charge in [0.25, 0.3) is 0 Å². The highest BCUT2D eigenvalue weighted by Crippen LogP contribution is 2.19. The van der Waals surface area contributed by atoms with E-state index in [4.69, 9.17) is 5.73 Å². The molecule has 0 aliphatic carbocycles. The van der Waals surface area contributed by atoms with Gasteiger partial charge in [0.2, 0.25) is 5.91 Å². The lowest BCUT2D eigenvalue weighted by atomic mass is 10.4. The van der Waals surface area contributed by atoms with Crippen LogP contribution >= 0.6 is 0 Å². The fraction of sp³-hybridized carbons (Fsp3) is 0.556. The summed E-state index contributed by atoms with van der Waals surface area (Å²) in [6.07, 6.45) is 5.19. The number of carbonyl (C=O) groups excluding carboxylic acids is 1. The summed E-state index contributed by atoms with van der Waals surface area (Å²) in [7, 11) is 0. The standard InChI is InChI=1S/C9H14N4O/c10-3-5-12-7-8(6-11-12)13-4-1-2-9(13)14/h6-7H,1-5,10H2. The highest BCUT2D eigenvalue weighted by molar-refractivity contribution is 5.94. The first-order valence-corrected chi connectivity index (χ1v) is 4.84. The molecule has 2 N–H and O–H groups in total. The quantitative estimate of drug-likeness (QED) is 0.734. The molecule has 1 aromatic rings. The summed E-state index contributed by atoms with van der Waals surface area (Å²) in [6.45, 7) is 2.07. The maximum Gasteiger partial charge on any atom is 0.227 e. The van der Waals surface area contributed by atoms with E-state index >= 15 is 0 Å². The minimum atomic E-state index is 0.192. The monoisotopic (exact) mass is 194 g/mol. The molecular weight excluding hydrogens is 180 g/mol. The van der Waals surface area contributed by atoms with Crippen molar-refractivity contribution in [2.45, 2.75) is 19.4 Å². The van der Waals surface area contributed by atoms with Crippen LogP contribution in [0.25, 0.3) is 0 Å². The van der Waals surface area contributed by atoms with Crippen molar-refractivity contribution in [1.29, 1.82) is 0 Å². The molecule has 2 rings (SSSR count). The van der Waals surface area contributed by atoms with E-state index < -0.39 is 0 Å². The van der Waals surface area contributed by atoms with Crippen molar-refractivity contribution in [3.8, 4) is 0 Å². The van der Waals surface area contributed by atoms with E-state index in [9.17, 15) is 4.79 Å². The highest BCUT2D eigenvalue weighted by Gasteiger charge is 2.22. The van der Waals surface area contributed by atoms with E-state index in [1.165, 1.54) is 0 Å². The number of hydrogen-bond donors (Lipinski definition) is 1. The van der Waals surface area contributed by atoms with Gasteiger partial charge in [-0.05, 0) is 6.42 Å². The third-order valence-electron chi connectivity index (χ3n) is 2.36. The van der Waals surface area contributed by atoms with Crippen LogP contribution in [-0.4, -0.2) is 28.8 Å². The predicted molar refractivity (Wildman–Crippen MR) is 52.9 cm³/mol. The second-order valence-electron chi connectivity index (χ2n) is 3.40. The number of nitrogens with zero attached hydrogens (tertiary/aromatic N) is 3. The molecule has 5 nitrogen and oxygen atoms in total. The molecular formula is C9H14N4O. The molecule has 1 saturated heterocycles. The second-order valence-corrected chi connectivity index (χ2v) is 3.40. The lowest BCUT2D eigenvalue weighted by Crippen LogP contribution is -2.23. The molecule has 0 aromatic carbocycles. The van der Waals surface area contributed by atoms with Crippen LogP contribution in [0.4, 0.5) is 5.69 Å². The SMILES string of the molecule is NCCn1cc(N2CCCC2=O)cn1. The summed E-state index contributed by atoms with van der Waals surface area (Å²) >= 11 is 0. The summed E-state index contributed by atoms with van der Waals surface area (Å²) in [5, 5.41) is 4.13. The number of anilines is 1. The van der Waals surface area contributed by atoms with E-state index in [-0.39, 0.29) is 5.91 Å². The van der Waals surface area contributed by atoms with Gasteiger partial charge in [0.05, 0.1) is 18.4 Å². The van der Waals surface area contributed by atoms with Gasteiger partial charge in [-0.3, -0.25) is 9.48 Å². The largest absolute Gasteiger partial charge is 0.329 e. The summed E-state index contributed by atoms with van der Waals surface area (Å²) in [5.74, 6) is 0.192. The zero-order valence-electron chi connectivity index (χ0n) is 8.02. The van der Waals surface area contributed by atoms with Crippen LogP contribution in [0.1, 0.15) is 12.8 Å². The molecule has 1 aromatic heterocycles. The fourth-order valence-electron chi connectivity index (χ4n) is 1.67. The minimum Gasteiger partial charge on any atom is -0.329 e. The Morgan fingerprint density at radius 1 is 1.57 bits per heavy atom. The molecule has 5 heteroatoms. The van der Waals surface area contributed by atoms with Crippen molar-refractivity contribution in [2.24, 2.45) is 5.73 Å². The van der Waals surface area contributed by atoms with Crippen LogP contribution < -0.4 is 10.6 Å². The Hall–Kier alpha value is -1.36. The van der Waals surface area contributed by atoms with Gasteiger partial charge in [0.15, 0.2) is 0 Å². The Kier molecular flexibility index (Phi) is 2.49. The first-order chi connectivity index (χ1) is 6.81. The smallest absolute Gasteiger partial charge is 0.227 e. The zero-order valence-corrected chi connectivity index (χ0v) is 8.02. The van der Waals surface area contributed by atoms with Gasteiger partial charge in [-0.1, -0.05) is 0 Å². The van der Waals surface area contributed by atoms with Crippen molar-refractivity contribution in [2.75, 3.05) is 18.0 Å². The number of hydrogen-bond acceptors (Lipinski definition) is 3. The minimum absolute atomic E-state index is 0.192. The first-order valence-electron chi connectivity index (χ1n) is 4.84. The molecule has 1 fully saturated rings. The van der Waals surface area contributed by atoms with Gasteiger partial charge >= 0.3 is 0 Å². The van der Waals surface area contributed by atoms with Crippen molar-refractivity contribution >= 4 is 11.6 Å². The lowest BCUT2D eigenvalue weighted by molar-refractivity contribution is -0.117. The molecule has 2 heterocycles. The Morgan fingerprint density at radius 2 is 2.43 bits per heavy atom. The van der Waals surface area contributed by atoms with E-state index in [1.54, 1.807) is 15.8 Å². The summed E-state index contributed by atoms with van der Waals surface area (Å²) in [5.41, 5.74) is 6.30. The van der Waals surface area contributed by atoms with Gasteiger partial charge in [0, 0.05) is 25.7 Å². The molecule has 14 heavy (non-hydrogen) atoms. The molecule has 1 amide bonds. The molecule has 1 aliphatic rings. The van der Waals surface area contributed by atoms with Gasteiger partial charge in [-0.2, -0.15) is 5.10 Å². The van der Waals surface area contributed by atoms with Gasteiger partial charge in [0.1, 0.15) is 0 Å². The summed E-state index contributed by atoms with van der Waals surface area (Å²) < 4.78 is 1.76. The maximum atomic E-state index is 11.4. The van der Waals surface area contributed by atoms with Gasteiger partial charge in [-0.15, -0.1) is 0 Å². The first kappa shape index (κ1) is 9.21. The highest BCUT2D eigenvalue weighted by atomic mass is 16.2. The average molecular weight is 194 g/mol. The number of rotatable bonds is 3. The Morgan fingerprint density at radius 3 is 3.07 bits per heavy atom. The molecule has 76 valence electrons. The number of carbonyl (C=O) groups is 1. The van der Waals surface area contributed by atoms with Crippen LogP contribution in [0, 0.1) is 0 Å². The number of aromatic nitrogens is 2. The van der Waals surface area contributed by atoms with Crippen molar-refractivity contribution in [1.82, 2.24) is 9.78 Å². The molecule has 0 atom stereocenters. The Bertz CT molecular complexity index is 333. The maximum absolute atomic E-state index is 11.4. The van der Waals surface area contributed by atoms with Crippen LogP contribution in [-0.2, 0) is 11.3 Å². The van der Waals surface area contributed by atoms with Gasteiger partial charge in [-0.25, -0.2) is 0 Å². The lowest BCUT2D eigenvalue weighted by Gasteiger charge is -2.11. The van der Waals surface area contributed by atoms with E-state index in [1.807, 2.05) is 6.20 Å². The van der Waals surface area contributed by atoms with Gasteiger partial charge < -0.3 is 10.6 Å². The molecule has 1 aliphatic heterocycles. The fourth-order valence-corrected chi connectivity index (χ4v) is 1.67. The average Bonchev–Trinajstić information content (AvgIpc) is 2.74. The van der Waals surface area contributed by atoms with Crippen LogP contribution in [0.15, 0.2) is 12.4 Å². The van der Waals surface area contributed by atoms with Crippen LogP contribution in [0.2, 0.25) is 0 Å². The third kappa shape index (κ3) is 1.63. The van der Waals surface area contributed by atoms with Crippen molar-refractivity contribution in [3.63, 3.8) is 0 Å². The summed E-state index contributed by atoms with van der Waals surface area (Å²) in [4.78, 5) is 13.2. The van der Waals surface area contributed by atoms with Crippen LogP contribution in [0.5, 0.6) is 0 Å². The Labute approximate surface area is 82.5 Å². The molecule has 0 bridgehead atoms. The molecule has 0 unspecified atom stereocenters. The molecule has 0 spiro atoms. The van der Waals surface area contributed by atoms with Crippen LogP contribution in [0.3, 0.4) is 0 Å². The number of nitrogens with two attached hydrogens (primary N) is 1.